The molecule has 0 rings (SSSR count). The SMILES string of the molecule is CC(C)C(=O)CS(=O)(=O)NCC(F)(F)F. The van der Waals surface area contributed by atoms with E-state index in [1.165, 1.54) is 18.6 Å². The summed E-state index contributed by atoms with van der Waals surface area (Å²) in [5.74, 6) is -2.06. The van der Waals surface area contributed by atoms with Crippen molar-refractivity contribution >= 4 is 15.8 Å². The largest absolute Gasteiger partial charge is 0.402 e. The highest BCUT2D eigenvalue weighted by atomic mass is 32.2. The minimum Gasteiger partial charge on any atom is -0.298 e. The Morgan fingerprint density at radius 1 is 1.33 bits per heavy atom. The number of carbonyl (C=O) groups is 1. The van der Waals surface area contributed by atoms with E-state index in [9.17, 15) is 26.4 Å². The monoisotopic (exact) mass is 247 g/mol. The van der Waals surface area contributed by atoms with Crippen molar-refractivity contribution in [3.63, 3.8) is 0 Å². The number of carbonyl (C=O) groups excluding carboxylic acids is 1. The molecular formula is C7H12F3NO3S. The molecule has 0 saturated carbocycles. The summed E-state index contributed by atoms with van der Waals surface area (Å²) < 4.78 is 58.2. The van der Waals surface area contributed by atoms with Gasteiger partial charge in [0.05, 0.1) is 0 Å². The predicted molar refractivity (Wildman–Crippen MR) is 47.7 cm³/mol. The van der Waals surface area contributed by atoms with E-state index in [4.69, 9.17) is 0 Å². The summed E-state index contributed by atoms with van der Waals surface area (Å²) in [5, 5.41) is 0. The zero-order chi connectivity index (χ0) is 12.3. The molecule has 0 fully saturated rings. The fourth-order valence-corrected chi connectivity index (χ4v) is 1.79. The van der Waals surface area contributed by atoms with Crippen molar-refractivity contribution in [1.82, 2.24) is 4.72 Å². The molecule has 0 spiro atoms. The van der Waals surface area contributed by atoms with Crippen molar-refractivity contribution in [1.29, 1.82) is 0 Å². The van der Waals surface area contributed by atoms with Gasteiger partial charge in [-0.25, -0.2) is 13.1 Å². The minimum absolute atomic E-state index is 0.521. The molecule has 0 aromatic rings. The van der Waals surface area contributed by atoms with Gasteiger partial charge in [0.2, 0.25) is 10.0 Å². The Morgan fingerprint density at radius 3 is 2.13 bits per heavy atom. The van der Waals surface area contributed by atoms with Crippen LogP contribution in [-0.4, -0.2) is 32.7 Å². The summed E-state index contributed by atoms with van der Waals surface area (Å²) >= 11 is 0. The normalized spacial score (nSPS) is 13.2. The smallest absolute Gasteiger partial charge is 0.298 e. The van der Waals surface area contributed by atoms with Gasteiger partial charge in [0.25, 0.3) is 0 Å². The molecule has 8 heteroatoms. The average Bonchev–Trinajstić information content (AvgIpc) is 1.99. The molecule has 4 nitrogen and oxygen atoms in total. The number of rotatable bonds is 5. The van der Waals surface area contributed by atoms with Crippen LogP contribution in [0.15, 0.2) is 0 Å². The van der Waals surface area contributed by atoms with Gasteiger partial charge in [0, 0.05) is 5.92 Å². The van der Waals surface area contributed by atoms with Gasteiger partial charge in [-0.1, -0.05) is 13.8 Å². The van der Waals surface area contributed by atoms with Crippen LogP contribution in [0.25, 0.3) is 0 Å². The maximum Gasteiger partial charge on any atom is 0.402 e. The van der Waals surface area contributed by atoms with Gasteiger partial charge in [0.1, 0.15) is 12.3 Å². The molecule has 0 amide bonds. The van der Waals surface area contributed by atoms with Crippen LogP contribution in [0.4, 0.5) is 13.2 Å². The number of hydrogen-bond donors (Lipinski definition) is 1. The summed E-state index contributed by atoms with van der Waals surface area (Å²) in [6.07, 6.45) is -4.62. The molecule has 0 radical (unpaired) electrons. The van der Waals surface area contributed by atoms with Crippen LogP contribution in [0, 0.1) is 5.92 Å². The van der Waals surface area contributed by atoms with Crippen LogP contribution in [0.5, 0.6) is 0 Å². The summed E-state index contributed by atoms with van der Waals surface area (Å²) in [4.78, 5) is 11.0. The first-order valence-corrected chi connectivity index (χ1v) is 5.75. The fourth-order valence-electron chi connectivity index (χ4n) is 0.597. The van der Waals surface area contributed by atoms with Gasteiger partial charge >= 0.3 is 6.18 Å². The van der Waals surface area contributed by atoms with Gasteiger partial charge in [0.15, 0.2) is 5.78 Å². The van der Waals surface area contributed by atoms with Crippen LogP contribution < -0.4 is 4.72 Å². The second-order valence-electron chi connectivity index (χ2n) is 3.32. The van der Waals surface area contributed by atoms with Crippen LogP contribution in [0.2, 0.25) is 0 Å². The van der Waals surface area contributed by atoms with Crippen LogP contribution in [0.3, 0.4) is 0 Å². The molecule has 0 aliphatic carbocycles. The number of hydrogen-bond acceptors (Lipinski definition) is 3. The second kappa shape index (κ2) is 4.93. The quantitative estimate of drug-likeness (QED) is 0.777. The molecule has 15 heavy (non-hydrogen) atoms. The molecule has 0 aliphatic heterocycles. The van der Waals surface area contributed by atoms with E-state index in [-0.39, 0.29) is 0 Å². The number of sulfonamides is 1. The van der Waals surface area contributed by atoms with E-state index in [0.29, 0.717) is 0 Å². The number of nitrogens with one attached hydrogen (secondary N) is 1. The minimum atomic E-state index is -4.62. The average molecular weight is 247 g/mol. The van der Waals surface area contributed by atoms with Crippen molar-refractivity contribution < 1.29 is 26.4 Å². The molecule has 0 aliphatic rings. The number of alkyl halides is 3. The first-order chi connectivity index (χ1) is 6.53. The number of halogens is 3. The van der Waals surface area contributed by atoms with Gasteiger partial charge < -0.3 is 0 Å². The zero-order valence-corrected chi connectivity index (χ0v) is 9.07. The highest BCUT2D eigenvalue weighted by Crippen LogP contribution is 2.12. The molecular weight excluding hydrogens is 235 g/mol. The first kappa shape index (κ1) is 14.4. The van der Waals surface area contributed by atoms with E-state index in [1.54, 1.807) is 0 Å². The van der Waals surface area contributed by atoms with Crippen LogP contribution in [-0.2, 0) is 14.8 Å². The highest BCUT2D eigenvalue weighted by molar-refractivity contribution is 7.90. The van der Waals surface area contributed by atoms with Crippen molar-refractivity contribution in [2.45, 2.75) is 20.0 Å². The van der Waals surface area contributed by atoms with Gasteiger partial charge in [-0.3, -0.25) is 4.79 Å². The zero-order valence-electron chi connectivity index (χ0n) is 8.26. The Labute approximate surface area is 85.9 Å². The third-order valence-corrected chi connectivity index (χ3v) is 2.72. The molecule has 0 aromatic carbocycles. The molecule has 0 atom stereocenters. The topological polar surface area (TPSA) is 63.2 Å². The second-order valence-corrected chi connectivity index (χ2v) is 5.12. The number of Topliss-reactive ketones (excluding diaryl/α,β-unsaturated/α-hetero) is 1. The van der Waals surface area contributed by atoms with E-state index in [0.717, 1.165) is 0 Å². The molecule has 0 unspecified atom stereocenters. The standard InChI is InChI=1S/C7H12F3NO3S/c1-5(2)6(12)3-15(13,14)11-4-7(8,9)10/h5,11H,3-4H2,1-2H3. The van der Waals surface area contributed by atoms with Crippen LogP contribution in [0.1, 0.15) is 13.8 Å². The molecule has 0 bridgehead atoms. The summed E-state index contributed by atoms with van der Waals surface area (Å²) in [6, 6.07) is 0. The lowest BCUT2D eigenvalue weighted by atomic mass is 10.1. The van der Waals surface area contributed by atoms with Crippen LogP contribution >= 0.6 is 0 Å². The maximum absolute atomic E-state index is 11.7. The van der Waals surface area contributed by atoms with Crippen molar-refractivity contribution in [2.75, 3.05) is 12.3 Å². The molecule has 90 valence electrons. The van der Waals surface area contributed by atoms with Gasteiger partial charge in [-0.15, -0.1) is 0 Å². The Kier molecular flexibility index (Phi) is 4.72. The molecule has 0 saturated heterocycles. The van der Waals surface area contributed by atoms with Crippen molar-refractivity contribution in [3.8, 4) is 0 Å². The summed E-state index contributed by atoms with van der Waals surface area (Å²) in [7, 11) is -4.18. The maximum atomic E-state index is 11.7. The van der Waals surface area contributed by atoms with Gasteiger partial charge in [-0.2, -0.15) is 13.2 Å². The lowest BCUT2D eigenvalue weighted by Gasteiger charge is -2.09. The van der Waals surface area contributed by atoms with Gasteiger partial charge in [-0.05, 0) is 0 Å². The lowest BCUT2D eigenvalue weighted by molar-refractivity contribution is -0.122. The van der Waals surface area contributed by atoms with E-state index < -0.39 is 40.2 Å². The predicted octanol–water partition coefficient (Wildman–Crippen LogP) is 0.693. The molecule has 0 heterocycles. The van der Waals surface area contributed by atoms with E-state index in [2.05, 4.69) is 0 Å². The molecule has 1 N–H and O–H groups in total. The summed E-state index contributed by atoms with van der Waals surface area (Å²) in [5.41, 5.74) is 0. The highest BCUT2D eigenvalue weighted by Gasteiger charge is 2.30. The summed E-state index contributed by atoms with van der Waals surface area (Å²) in [6.45, 7) is 1.30. The first-order valence-electron chi connectivity index (χ1n) is 4.10. The Bertz CT molecular complexity index is 321. The number of ketones is 1. The van der Waals surface area contributed by atoms with Crippen molar-refractivity contribution in [2.24, 2.45) is 5.92 Å². The fraction of sp³-hybridized carbons (Fsp3) is 0.857. The Hall–Kier alpha value is -0.630. The molecule has 0 aromatic heterocycles. The Balaban J connectivity index is 4.28. The van der Waals surface area contributed by atoms with E-state index >= 15 is 0 Å². The van der Waals surface area contributed by atoms with E-state index in [1.807, 2.05) is 0 Å². The third kappa shape index (κ3) is 7.32. The Morgan fingerprint density at radius 2 is 1.80 bits per heavy atom. The third-order valence-electron chi connectivity index (χ3n) is 1.47. The lowest BCUT2D eigenvalue weighted by Crippen LogP contribution is -2.37. The van der Waals surface area contributed by atoms with Crippen molar-refractivity contribution in [3.05, 3.63) is 0 Å².